The monoisotopic (exact) mass is 766 g/mol. The minimum atomic E-state index is 0. The lowest BCUT2D eigenvalue weighted by Gasteiger charge is -2.23. The first-order chi connectivity index (χ1) is 27.2. The SMILES string of the molecule is C.C1CC2C3CCC(C3)C2C1.C1CC2C3CCC(C3)C2C1.CC.CC.CC.CC.N#COc1ccccc1.N#COc1ccccc1.N#COc1ccccc1. The van der Waals surface area contributed by atoms with Crippen LogP contribution in [0.4, 0.5) is 0 Å². The average Bonchev–Trinajstić information content (AvgIpc) is 4.13. The number of fused-ring (bicyclic) bond motifs is 10. The van der Waals surface area contributed by atoms with E-state index in [1.807, 2.05) is 110 Å². The Labute approximate surface area is 343 Å². The van der Waals surface area contributed by atoms with Gasteiger partial charge in [0.15, 0.2) is 0 Å². The molecule has 4 bridgehead atoms. The summed E-state index contributed by atoms with van der Waals surface area (Å²) in [6.45, 7) is 16.0. The highest BCUT2D eigenvalue weighted by molar-refractivity contribution is 5.23. The smallest absolute Gasteiger partial charge is 0.292 e. The molecule has 0 N–H and O–H groups in total. The zero-order valence-electron chi connectivity index (χ0n) is 35.3. The molecule has 3 aromatic rings. The second-order valence-electron chi connectivity index (χ2n) is 13.7. The summed E-state index contributed by atoms with van der Waals surface area (Å²) in [4.78, 5) is 0. The predicted octanol–water partition coefficient (Wildman–Crippen LogP) is 15.0. The van der Waals surface area contributed by atoms with Crippen molar-refractivity contribution in [3.63, 3.8) is 0 Å². The van der Waals surface area contributed by atoms with Crippen LogP contribution in [-0.4, -0.2) is 0 Å². The summed E-state index contributed by atoms with van der Waals surface area (Å²) in [5.41, 5.74) is 0. The van der Waals surface area contributed by atoms with Crippen molar-refractivity contribution in [2.75, 3.05) is 0 Å². The fourth-order valence-electron chi connectivity index (χ4n) is 9.66. The molecule has 8 atom stereocenters. The highest BCUT2D eigenvalue weighted by Crippen LogP contribution is 2.59. The molecule has 9 rings (SSSR count). The zero-order valence-corrected chi connectivity index (χ0v) is 35.3. The molecule has 6 heteroatoms. The molecule has 6 aliphatic carbocycles. The molecule has 0 amide bonds. The fourth-order valence-corrected chi connectivity index (χ4v) is 9.66. The molecule has 3 aromatic carbocycles. The topological polar surface area (TPSA) is 99.1 Å². The van der Waals surface area contributed by atoms with Crippen LogP contribution in [0.15, 0.2) is 91.0 Å². The maximum absolute atomic E-state index is 8.05. The van der Waals surface area contributed by atoms with Gasteiger partial charge in [-0.2, -0.15) is 0 Å². The summed E-state index contributed by atoms with van der Waals surface area (Å²) in [6, 6.07) is 26.8. The molecule has 0 heterocycles. The second-order valence-corrected chi connectivity index (χ2v) is 13.7. The van der Waals surface area contributed by atoms with Crippen molar-refractivity contribution in [1.82, 2.24) is 0 Å². The largest absolute Gasteiger partial charge is 0.388 e. The Morgan fingerprint density at radius 2 is 0.589 bits per heavy atom. The summed E-state index contributed by atoms with van der Waals surface area (Å²) in [5, 5.41) is 24.1. The van der Waals surface area contributed by atoms with E-state index >= 15 is 0 Å². The summed E-state index contributed by atoms with van der Waals surface area (Å²) in [6.07, 6.45) is 23.8. The lowest BCUT2D eigenvalue weighted by Crippen LogP contribution is -2.15. The van der Waals surface area contributed by atoms with E-state index in [9.17, 15) is 0 Å². The van der Waals surface area contributed by atoms with E-state index in [0.717, 1.165) is 0 Å². The van der Waals surface area contributed by atoms with Gasteiger partial charge in [0.25, 0.3) is 18.8 Å². The first-order valence-electron chi connectivity index (χ1n) is 21.5. The molecule has 0 saturated heterocycles. The molecule has 6 nitrogen and oxygen atoms in total. The molecule has 0 aliphatic heterocycles. The number of ether oxygens (including phenoxy) is 3. The molecular weight excluding hydrogens is 691 g/mol. The lowest BCUT2D eigenvalue weighted by atomic mass is 9.82. The van der Waals surface area contributed by atoms with Crippen LogP contribution in [0.2, 0.25) is 0 Å². The predicted molar refractivity (Wildman–Crippen MR) is 233 cm³/mol. The van der Waals surface area contributed by atoms with Gasteiger partial charge in [-0.25, -0.2) is 0 Å². The Morgan fingerprint density at radius 3 is 0.786 bits per heavy atom. The Morgan fingerprint density at radius 1 is 0.375 bits per heavy atom. The Kier molecular flexibility index (Phi) is 30.1. The Bertz CT molecular complexity index is 1270. The number of para-hydroxylation sites is 3. The average molecular weight is 766 g/mol. The van der Waals surface area contributed by atoms with Crippen LogP contribution < -0.4 is 14.2 Å². The van der Waals surface area contributed by atoms with Crippen molar-refractivity contribution in [3.8, 4) is 36.0 Å². The van der Waals surface area contributed by atoms with Gasteiger partial charge in [-0.05, 0) is 148 Å². The fraction of sp³-hybridized carbons (Fsp3) is 0.580. The Balaban J connectivity index is 0.000000644. The van der Waals surface area contributed by atoms with Gasteiger partial charge < -0.3 is 14.2 Å². The van der Waals surface area contributed by atoms with Gasteiger partial charge in [-0.15, -0.1) is 15.8 Å². The Hall–Kier alpha value is -4.47. The number of hydrogen-bond acceptors (Lipinski definition) is 6. The highest BCUT2D eigenvalue weighted by atomic mass is 16.5. The van der Waals surface area contributed by atoms with Gasteiger partial charge in [-0.3, -0.25) is 0 Å². The molecule has 8 unspecified atom stereocenters. The highest BCUT2D eigenvalue weighted by Gasteiger charge is 2.49. The van der Waals surface area contributed by atoms with E-state index in [-0.39, 0.29) is 7.43 Å². The van der Waals surface area contributed by atoms with E-state index in [2.05, 4.69) is 14.2 Å². The zero-order chi connectivity index (χ0) is 40.7. The maximum Gasteiger partial charge on any atom is 0.292 e. The minimum Gasteiger partial charge on any atom is -0.388 e. The van der Waals surface area contributed by atoms with Crippen LogP contribution >= 0.6 is 0 Å². The molecule has 0 radical (unpaired) electrons. The van der Waals surface area contributed by atoms with Crippen molar-refractivity contribution in [2.24, 2.45) is 47.3 Å². The van der Waals surface area contributed by atoms with Gasteiger partial charge in [0.2, 0.25) is 0 Å². The van der Waals surface area contributed by atoms with Gasteiger partial charge in [0.05, 0.1) is 0 Å². The van der Waals surface area contributed by atoms with Crippen LogP contribution in [0.5, 0.6) is 17.2 Å². The van der Waals surface area contributed by atoms with Crippen molar-refractivity contribution in [2.45, 2.75) is 140 Å². The summed E-state index contributed by atoms with van der Waals surface area (Å²) in [7, 11) is 0. The van der Waals surface area contributed by atoms with Crippen LogP contribution in [0, 0.1) is 81.9 Å². The second kappa shape index (κ2) is 32.7. The molecule has 56 heavy (non-hydrogen) atoms. The number of hydrogen-bond donors (Lipinski definition) is 0. The molecule has 0 spiro atoms. The van der Waals surface area contributed by atoms with Crippen molar-refractivity contribution >= 4 is 0 Å². The number of nitriles is 3. The maximum atomic E-state index is 8.05. The molecule has 6 saturated carbocycles. The van der Waals surface area contributed by atoms with E-state index in [1.165, 1.54) is 47.3 Å². The molecule has 308 valence electrons. The first kappa shape index (κ1) is 51.5. The first-order valence-corrected chi connectivity index (χ1v) is 21.5. The van der Waals surface area contributed by atoms with E-state index < -0.39 is 0 Å². The van der Waals surface area contributed by atoms with Crippen LogP contribution in [0.25, 0.3) is 0 Å². The third-order valence-electron chi connectivity index (χ3n) is 11.4. The van der Waals surface area contributed by atoms with E-state index in [0.29, 0.717) is 17.2 Å². The van der Waals surface area contributed by atoms with Crippen molar-refractivity contribution in [3.05, 3.63) is 91.0 Å². The summed E-state index contributed by atoms with van der Waals surface area (Å²) in [5.74, 6) is 11.3. The molecule has 6 aliphatic rings. The molecule has 6 fully saturated rings. The molecule has 0 aromatic heterocycles. The van der Waals surface area contributed by atoms with Crippen LogP contribution in [0.3, 0.4) is 0 Å². The number of benzene rings is 3. The standard InChI is InChI=1S/2C10H16.3C7H5NO.4C2H6.CH4/c2*1-2-9-7-4-5-8(6-7)10(9)3-1;3*8-6-9-7-4-2-1-3-5-7;4*1-2;/h2*7-10H,1-6H2;3*1-5H;4*1-2H3;1H4. The summed E-state index contributed by atoms with van der Waals surface area (Å²) >= 11 is 0. The van der Waals surface area contributed by atoms with Crippen molar-refractivity contribution in [1.29, 1.82) is 15.8 Å². The van der Waals surface area contributed by atoms with E-state index in [1.54, 1.807) is 132 Å². The van der Waals surface area contributed by atoms with Gasteiger partial charge >= 0.3 is 0 Å². The van der Waals surface area contributed by atoms with E-state index in [4.69, 9.17) is 15.8 Å². The number of rotatable bonds is 3. The minimum absolute atomic E-state index is 0. The normalized spacial score (nSPS) is 24.8. The van der Waals surface area contributed by atoms with Gasteiger partial charge in [-0.1, -0.05) is 130 Å². The third kappa shape index (κ3) is 17.1. The van der Waals surface area contributed by atoms with Gasteiger partial charge in [0, 0.05) is 0 Å². The van der Waals surface area contributed by atoms with Crippen LogP contribution in [0.1, 0.15) is 140 Å². The summed E-state index contributed by atoms with van der Waals surface area (Å²) < 4.78 is 13.5. The lowest BCUT2D eigenvalue weighted by molar-refractivity contribution is 0.259. The number of nitrogens with zero attached hydrogens (tertiary/aromatic N) is 3. The molecular formula is C50H75N3O3. The quantitative estimate of drug-likeness (QED) is 0.246. The van der Waals surface area contributed by atoms with Gasteiger partial charge in [0.1, 0.15) is 17.2 Å². The van der Waals surface area contributed by atoms with Crippen molar-refractivity contribution < 1.29 is 14.2 Å². The third-order valence-corrected chi connectivity index (χ3v) is 11.4. The van der Waals surface area contributed by atoms with Crippen LogP contribution in [-0.2, 0) is 0 Å².